The van der Waals surface area contributed by atoms with Crippen LogP contribution in [-0.4, -0.2) is 15.0 Å². The van der Waals surface area contributed by atoms with Gasteiger partial charge in [-0.25, -0.2) is 4.98 Å². The number of aromatic nitrogens is 3. The van der Waals surface area contributed by atoms with Crippen molar-refractivity contribution in [3.05, 3.63) is 95.8 Å². The number of hydrogen-bond acceptors (Lipinski definition) is 5. The molecule has 0 aliphatic heterocycles. The van der Waals surface area contributed by atoms with Crippen LogP contribution >= 0.6 is 0 Å². The van der Waals surface area contributed by atoms with E-state index in [-0.39, 0.29) is 0 Å². The molecule has 0 saturated carbocycles. The van der Waals surface area contributed by atoms with Crippen molar-refractivity contribution in [1.29, 1.82) is 0 Å². The van der Waals surface area contributed by atoms with Crippen LogP contribution in [0.4, 0.5) is 17.5 Å². The zero-order valence-electron chi connectivity index (χ0n) is 16.6. The number of rotatable bonds is 6. The Kier molecular flexibility index (Phi) is 5.47. The molecular weight excluding hydrogens is 358 g/mol. The minimum atomic E-state index is 0.572. The Bertz CT molecular complexity index is 1090. The zero-order chi connectivity index (χ0) is 20.1. The lowest BCUT2D eigenvalue weighted by Gasteiger charge is -2.13. The number of anilines is 3. The Morgan fingerprint density at radius 2 is 1.72 bits per heavy atom. The number of nitrogens with one attached hydrogen (secondary N) is 2. The highest BCUT2D eigenvalue weighted by Gasteiger charge is 2.09. The molecule has 29 heavy (non-hydrogen) atoms. The van der Waals surface area contributed by atoms with Gasteiger partial charge in [-0.15, -0.1) is 0 Å². The maximum atomic E-state index is 4.72. The molecule has 2 N–H and O–H groups in total. The van der Waals surface area contributed by atoms with Crippen LogP contribution in [-0.2, 0) is 6.54 Å². The average Bonchev–Trinajstić information content (AvgIpc) is 2.76. The molecule has 0 saturated heterocycles. The highest BCUT2D eigenvalue weighted by Crippen LogP contribution is 2.25. The molecule has 0 aliphatic carbocycles. The van der Waals surface area contributed by atoms with E-state index in [1.54, 1.807) is 6.20 Å². The molecule has 0 atom stereocenters. The van der Waals surface area contributed by atoms with Crippen LogP contribution in [0.5, 0.6) is 0 Å². The molecular formula is C24H23N5. The fourth-order valence-electron chi connectivity index (χ4n) is 3.04. The molecule has 2 heterocycles. The minimum Gasteiger partial charge on any atom is -0.350 e. The van der Waals surface area contributed by atoms with Crippen molar-refractivity contribution in [3.8, 4) is 11.3 Å². The van der Waals surface area contributed by atoms with Gasteiger partial charge in [-0.05, 0) is 42.7 Å². The molecule has 2 aromatic heterocycles. The summed E-state index contributed by atoms with van der Waals surface area (Å²) in [7, 11) is 0. The monoisotopic (exact) mass is 381 g/mol. The van der Waals surface area contributed by atoms with E-state index in [1.807, 2.05) is 42.6 Å². The molecule has 0 spiro atoms. The second kappa shape index (κ2) is 8.52. The fourth-order valence-corrected chi connectivity index (χ4v) is 3.04. The van der Waals surface area contributed by atoms with E-state index in [9.17, 15) is 0 Å². The molecule has 0 unspecified atom stereocenters. The van der Waals surface area contributed by atoms with Gasteiger partial charge in [0.2, 0.25) is 5.95 Å². The predicted octanol–water partition coefficient (Wildman–Crippen LogP) is 5.51. The largest absolute Gasteiger partial charge is 0.350 e. The van der Waals surface area contributed by atoms with Crippen LogP contribution < -0.4 is 10.6 Å². The molecule has 0 fully saturated rings. The Morgan fingerprint density at radius 3 is 2.52 bits per heavy atom. The molecule has 5 heteroatoms. The highest BCUT2D eigenvalue weighted by molar-refractivity contribution is 5.68. The molecule has 4 aromatic rings. The lowest BCUT2D eigenvalue weighted by atomic mass is 10.1. The van der Waals surface area contributed by atoms with E-state index in [1.165, 1.54) is 11.1 Å². The number of hydrogen-bond donors (Lipinski definition) is 2. The molecule has 4 rings (SSSR count). The first kappa shape index (κ1) is 18.6. The van der Waals surface area contributed by atoms with Gasteiger partial charge in [-0.1, -0.05) is 48.5 Å². The van der Waals surface area contributed by atoms with Crippen LogP contribution in [0.1, 0.15) is 16.7 Å². The van der Waals surface area contributed by atoms with Crippen molar-refractivity contribution in [3.63, 3.8) is 0 Å². The molecule has 0 amide bonds. The Morgan fingerprint density at radius 1 is 0.862 bits per heavy atom. The number of benzene rings is 2. The molecule has 0 aliphatic rings. The van der Waals surface area contributed by atoms with Crippen LogP contribution in [0.15, 0.2) is 79.1 Å². The maximum absolute atomic E-state index is 4.72. The van der Waals surface area contributed by atoms with Gasteiger partial charge in [0, 0.05) is 36.3 Å². The van der Waals surface area contributed by atoms with Crippen LogP contribution in [0.2, 0.25) is 0 Å². The standard InChI is InChI=1S/C24H23N5/c1-17-10-11-18(2)21(13-17)27-23-14-22(20-8-4-3-5-9-20)28-24(29-23)26-16-19-7-6-12-25-15-19/h3-15H,16H2,1-2H3,(H2,26,27,28,29). The third-order valence-corrected chi connectivity index (χ3v) is 4.62. The second-order valence-electron chi connectivity index (χ2n) is 6.99. The number of nitrogens with zero attached hydrogens (tertiary/aromatic N) is 3. The van der Waals surface area contributed by atoms with E-state index in [0.29, 0.717) is 12.5 Å². The summed E-state index contributed by atoms with van der Waals surface area (Å²) in [6.07, 6.45) is 3.60. The van der Waals surface area contributed by atoms with Crippen LogP contribution in [0.25, 0.3) is 11.3 Å². The van der Waals surface area contributed by atoms with E-state index >= 15 is 0 Å². The summed E-state index contributed by atoms with van der Waals surface area (Å²) in [6, 6.07) is 22.4. The summed E-state index contributed by atoms with van der Waals surface area (Å²) < 4.78 is 0. The van der Waals surface area contributed by atoms with Crippen molar-refractivity contribution in [2.24, 2.45) is 0 Å². The van der Waals surface area contributed by atoms with Crippen molar-refractivity contribution >= 4 is 17.5 Å². The zero-order valence-corrected chi connectivity index (χ0v) is 16.6. The van der Waals surface area contributed by atoms with Gasteiger partial charge in [0.05, 0.1) is 5.69 Å². The quantitative estimate of drug-likeness (QED) is 0.461. The van der Waals surface area contributed by atoms with Gasteiger partial charge in [0.25, 0.3) is 0 Å². The van der Waals surface area contributed by atoms with Gasteiger partial charge >= 0.3 is 0 Å². The topological polar surface area (TPSA) is 62.7 Å². The Labute approximate surface area is 170 Å². The first-order chi connectivity index (χ1) is 14.2. The summed E-state index contributed by atoms with van der Waals surface area (Å²) in [5.74, 6) is 1.32. The third-order valence-electron chi connectivity index (χ3n) is 4.62. The normalized spacial score (nSPS) is 10.6. The van der Waals surface area contributed by atoms with Crippen molar-refractivity contribution < 1.29 is 0 Å². The SMILES string of the molecule is Cc1ccc(C)c(Nc2cc(-c3ccccc3)nc(NCc3cccnc3)n2)c1. The lowest BCUT2D eigenvalue weighted by Crippen LogP contribution is -2.07. The average molecular weight is 381 g/mol. The van der Waals surface area contributed by atoms with Gasteiger partial charge in [0.15, 0.2) is 0 Å². The van der Waals surface area contributed by atoms with Crippen LogP contribution in [0, 0.1) is 13.8 Å². The first-order valence-corrected chi connectivity index (χ1v) is 9.59. The summed E-state index contributed by atoms with van der Waals surface area (Å²) >= 11 is 0. The van der Waals surface area contributed by atoms with Crippen LogP contribution in [0.3, 0.4) is 0 Å². The number of aryl methyl sites for hydroxylation is 2. The summed E-state index contributed by atoms with van der Waals surface area (Å²) in [5, 5.41) is 6.78. The molecule has 0 bridgehead atoms. The molecule has 144 valence electrons. The summed E-state index contributed by atoms with van der Waals surface area (Å²) in [5.41, 5.74) is 6.39. The Balaban J connectivity index is 1.67. The second-order valence-corrected chi connectivity index (χ2v) is 6.99. The molecule has 5 nitrogen and oxygen atoms in total. The van der Waals surface area contributed by atoms with E-state index in [4.69, 9.17) is 4.98 Å². The van der Waals surface area contributed by atoms with Crippen molar-refractivity contribution in [2.45, 2.75) is 20.4 Å². The highest BCUT2D eigenvalue weighted by atomic mass is 15.1. The van der Waals surface area contributed by atoms with Gasteiger partial charge < -0.3 is 10.6 Å². The van der Waals surface area contributed by atoms with Gasteiger partial charge in [-0.2, -0.15) is 4.98 Å². The molecule has 0 radical (unpaired) electrons. The lowest BCUT2D eigenvalue weighted by molar-refractivity contribution is 1.04. The fraction of sp³-hybridized carbons (Fsp3) is 0.125. The Hall–Kier alpha value is -3.73. The minimum absolute atomic E-state index is 0.572. The summed E-state index contributed by atoms with van der Waals surface area (Å²) in [6.45, 7) is 4.78. The summed E-state index contributed by atoms with van der Waals surface area (Å²) in [4.78, 5) is 13.6. The van der Waals surface area contributed by atoms with E-state index in [0.717, 1.165) is 28.3 Å². The van der Waals surface area contributed by atoms with Gasteiger partial charge in [0.1, 0.15) is 5.82 Å². The molecule has 2 aromatic carbocycles. The smallest absolute Gasteiger partial charge is 0.225 e. The maximum Gasteiger partial charge on any atom is 0.225 e. The number of pyridine rings is 1. The first-order valence-electron chi connectivity index (χ1n) is 9.59. The van der Waals surface area contributed by atoms with Gasteiger partial charge in [-0.3, -0.25) is 4.98 Å². The van der Waals surface area contributed by atoms with E-state index in [2.05, 4.69) is 64.8 Å². The van der Waals surface area contributed by atoms with Crippen molar-refractivity contribution in [2.75, 3.05) is 10.6 Å². The van der Waals surface area contributed by atoms with Crippen molar-refractivity contribution in [1.82, 2.24) is 15.0 Å². The van der Waals surface area contributed by atoms with E-state index < -0.39 is 0 Å². The predicted molar refractivity (Wildman–Crippen MR) is 118 cm³/mol. The third kappa shape index (κ3) is 4.76.